The molecule has 0 atom stereocenters. The fourth-order valence-electron chi connectivity index (χ4n) is 3.95. The van der Waals surface area contributed by atoms with E-state index in [1.165, 1.54) is 30.5 Å². The van der Waals surface area contributed by atoms with Gasteiger partial charge in [0.05, 0.1) is 26.8 Å². The first-order valence-electron chi connectivity index (χ1n) is 11.4. The van der Waals surface area contributed by atoms with Crippen LogP contribution in [0.25, 0.3) is 5.69 Å². The maximum atomic E-state index is 13.5. The van der Waals surface area contributed by atoms with E-state index in [0.29, 0.717) is 0 Å². The number of nitrogens with zero attached hydrogens (tertiary/aromatic N) is 3. The number of aryl methyl sites for hydroxylation is 1. The Kier molecular flexibility index (Phi) is 8.62. The van der Waals surface area contributed by atoms with Crippen molar-refractivity contribution in [1.29, 1.82) is 0 Å². The number of sulfonamides is 1. The molecule has 0 fully saturated rings. The summed E-state index contributed by atoms with van der Waals surface area (Å²) in [4.78, 5) is 12.9. The Morgan fingerprint density at radius 1 is 1.03 bits per heavy atom. The van der Waals surface area contributed by atoms with Gasteiger partial charge in [0.25, 0.3) is 15.9 Å². The van der Waals surface area contributed by atoms with Crippen LogP contribution in [-0.4, -0.2) is 31.7 Å². The molecule has 38 heavy (non-hydrogen) atoms. The second-order valence-corrected chi connectivity index (χ2v) is 11.9. The standard InChI is InChI=1S/C27H23BrCl2N4O3S/c1-18-15-20(19(2)34(18)22-13-11-21(28)12-14-22)16-31-32-26(35)17-33(25-10-6-9-24(29)27(25)30)38(36,37)23-7-4-3-5-8-23/h3-16H,17H2,1-2H3,(H,32,35)/b31-16-. The highest BCUT2D eigenvalue weighted by molar-refractivity contribution is 9.10. The Balaban J connectivity index is 1.57. The number of rotatable bonds is 8. The van der Waals surface area contributed by atoms with Gasteiger partial charge in [-0.25, -0.2) is 13.8 Å². The molecule has 1 N–H and O–H groups in total. The summed E-state index contributed by atoms with van der Waals surface area (Å²) < 4.78 is 30.9. The minimum Gasteiger partial charge on any atom is -0.318 e. The summed E-state index contributed by atoms with van der Waals surface area (Å²) in [5, 5.41) is 4.26. The smallest absolute Gasteiger partial charge is 0.264 e. The number of anilines is 1. The fourth-order valence-corrected chi connectivity index (χ4v) is 6.12. The summed E-state index contributed by atoms with van der Waals surface area (Å²) in [7, 11) is -4.14. The molecule has 0 bridgehead atoms. The molecule has 7 nitrogen and oxygen atoms in total. The average Bonchev–Trinajstić information content (AvgIpc) is 3.18. The predicted molar refractivity (Wildman–Crippen MR) is 156 cm³/mol. The number of hydrazone groups is 1. The molecule has 0 unspecified atom stereocenters. The Bertz CT molecular complexity index is 1610. The summed E-state index contributed by atoms with van der Waals surface area (Å²) in [5.74, 6) is -0.654. The van der Waals surface area contributed by atoms with Gasteiger partial charge in [0.2, 0.25) is 0 Å². The largest absolute Gasteiger partial charge is 0.318 e. The molecule has 1 heterocycles. The van der Waals surface area contributed by atoms with Crippen LogP contribution in [0.1, 0.15) is 17.0 Å². The van der Waals surface area contributed by atoms with Crippen molar-refractivity contribution in [2.75, 3.05) is 10.8 Å². The van der Waals surface area contributed by atoms with Gasteiger partial charge in [-0.2, -0.15) is 5.10 Å². The molecule has 4 aromatic rings. The predicted octanol–water partition coefficient (Wildman–Crippen LogP) is 6.51. The van der Waals surface area contributed by atoms with Gasteiger partial charge in [0, 0.05) is 27.1 Å². The van der Waals surface area contributed by atoms with E-state index < -0.39 is 22.5 Å². The Labute approximate surface area is 239 Å². The van der Waals surface area contributed by atoms with E-state index in [4.69, 9.17) is 23.2 Å². The minimum atomic E-state index is -4.14. The van der Waals surface area contributed by atoms with Gasteiger partial charge in [0.1, 0.15) is 6.54 Å². The van der Waals surface area contributed by atoms with Crippen LogP contribution in [0.15, 0.2) is 93.3 Å². The van der Waals surface area contributed by atoms with Crippen LogP contribution in [0.4, 0.5) is 5.69 Å². The van der Waals surface area contributed by atoms with E-state index in [1.54, 1.807) is 24.3 Å². The molecule has 1 aromatic heterocycles. The average molecular weight is 634 g/mol. The summed E-state index contributed by atoms with van der Waals surface area (Å²) in [6.45, 7) is 3.37. The third-order valence-electron chi connectivity index (χ3n) is 5.77. The number of hydrogen-bond donors (Lipinski definition) is 1. The number of halogens is 3. The molecule has 196 valence electrons. The van der Waals surface area contributed by atoms with Crippen LogP contribution in [0.2, 0.25) is 10.0 Å². The summed E-state index contributed by atoms with van der Waals surface area (Å²) in [6.07, 6.45) is 1.53. The Morgan fingerprint density at radius 2 is 1.71 bits per heavy atom. The van der Waals surface area contributed by atoms with Crippen LogP contribution in [0.5, 0.6) is 0 Å². The van der Waals surface area contributed by atoms with Crippen molar-refractivity contribution in [3.63, 3.8) is 0 Å². The Hall–Kier alpha value is -3.11. The number of amides is 1. The molecule has 4 rings (SSSR count). The van der Waals surface area contributed by atoms with Crippen LogP contribution >= 0.6 is 39.1 Å². The monoisotopic (exact) mass is 632 g/mol. The van der Waals surface area contributed by atoms with Gasteiger partial charge >= 0.3 is 0 Å². The SMILES string of the molecule is Cc1cc(/C=N\NC(=O)CN(c2cccc(Cl)c2Cl)S(=O)(=O)c2ccccc2)c(C)n1-c1ccc(Br)cc1. The molecular weight excluding hydrogens is 611 g/mol. The normalized spacial score (nSPS) is 11.6. The highest BCUT2D eigenvalue weighted by Gasteiger charge is 2.29. The lowest BCUT2D eigenvalue weighted by Gasteiger charge is -2.24. The fraction of sp³-hybridized carbons (Fsp3) is 0.111. The van der Waals surface area contributed by atoms with Crippen molar-refractivity contribution >= 4 is 67.0 Å². The van der Waals surface area contributed by atoms with E-state index in [9.17, 15) is 13.2 Å². The maximum absolute atomic E-state index is 13.5. The van der Waals surface area contributed by atoms with E-state index in [1.807, 2.05) is 44.2 Å². The topological polar surface area (TPSA) is 83.8 Å². The molecular formula is C27H23BrCl2N4O3S. The first kappa shape index (κ1) is 27.9. The third-order valence-corrected chi connectivity index (χ3v) is 8.88. The van der Waals surface area contributed by atoms with Gasteiger partial charge in [-0.15, -0.1) is 0 Å². The molecule has 0 radical (unpaired) electrons. The van der Waals surface area contributed by atoms with Crippen molar-refractivity contribution in [2.45, 2.75) is 18.7 Å². The molecule has 3 aromatic carbocycles. The van der Waals surface area contributed by atoms with E-state index in [0.717, 1.165) is 31.4 Å². The lowest BCUT2D eigenvalue weighted by molar-refractivity contribution is -0.119. The van der Waals surface area contributed by atoms with Crippen molar-refractivity contribution < 1.29 is 13.2 Å². The van der Waals surface area contributed by atoms with Crippen LogP contribution in [-0.2, 0) is 14.8 Å². The van der Waals surface area contributed by atoms with Crippen molar-refractivity contribution in [1.82, 2.24) is 9.99 Å². The zero-order chi connectivity index (χ0) is 27.4. The van der Waals surface area contributed by atoms with E-state index in [2.05, 4.69) is 31.0 Å². The van der Waals surface area contributed by atoms with Crippen LogP contribution in [0.3, 0.4) is 0 Å². The zero-order valence-corrected chi connectivity index (χ0v) is 24.3. The lowest BCUT2D eigenvalue weighted by Crippen LogP contribution is -2.39. The number of nitrogens with one attached hydrogen (secondary N) is 1. The molecule has 1 amide bonds. The highest BCUT2D eigenvalue weighted by atomic mass is 79.9. The molecule has 0 aliphatic heterocycles. The quantitative estimate of drug-likeness (QED) is 0.177. The summed E-state index contributed by atoms with van der Waals surface area (Å²) in [5.41, 5.74) is 6.23. The number of carbonyl (C=O) groups excluding carboxylic acids is 1. The van der Waals surface area contributed by atoms with E-state index >= 15 is 0 Å². The molecule has 0 saturated carbocycles. The molecule has 0 spiro atoms. The highest BCUT2D eigenvalue weighted by Crippen LogP contribution is 2.35. The van der Waals surface area contributed by atoms with Crippen molar-refractivity contribution in [3.05, 3.63) is 110 Å². The molecule has 11 heteroatoms. The summed E-state index contributed by atoms with van der Waals surface area (Å²) in [6, 6.07) is 22.2. The minimum absolute atomic E-state index is 0.00715. The molecule has 0 aliphatic rings. The van der Waals surface area contributed by atoms with Crippen molar-refractivity contribution in [2.24, 2.45) is 5.10 Å². The van der Waals surface area contributed by atoms with Crippen molar-refractivity contribution in [3.8, 4) is 5.69 Å². The number of benzene rings is 3. The van der Waals surface area contributed by atoms with Crippen LogP contribution in [0, 0.1) is 13.8 Å². The van der Waals surface area contributed by atoms with Gasteiger partial charge < -0.3 is 4.57 Å². The summed E-state index contributed by atoms with van der Waals surface area (Å²) >= 11 is 15.9. The van der Waals surface area contributed by atoms with Gasteiger partial charge in [-0.3, -0.25) is 9.10 Å². The van der Waals surface area contributed by atoms with E-state index in [-0.39, 0.29) is 20.6 Å². The Morgan fingerprint density at radius 3 is 2.39 bits per heavy atom. The second-order valence-electron chi connectivity index (χ2n) is 8.33. The lowest BCUT2D eigenvalue weighted by atomic mass is 10.2. The third kappa shape index (κ3) is 5.96. The first-order valence-corrected chi connectivity index (χ1v) is 14.4. The molecule has 0 aliphatic carbocycles. The number of carbonyl (C=O) groups is 1. The van der Waals surface area contributed by atoms with Gasteiger partial charge in [-0.05, 0) is 68.4 Å². The van der Waals surface area contributed by atoms with Gasteiger partial charge in [-0.1, -0.05) is 63.4 Å². The number of aromatic nitrogens is 1. The first-order chi connectivity index (χ1) is 18.1. The van der Waals surface area contributed by atoms with Crippen LogP contribution < -0.4 is 9.73 Å². The number of hydrogen-bond acceptors (Lipinski definition) is 4. The second kappa shape index (κ2) is 11.7. The zero-order valence-electron chi connectivity index (χ0n) is 20.4. The molecule has 0 saturated heterocycles. The van der Waals surface area contributed by atoms with Gasteiger partial charge in [0.15, 0.2) is 0 Å². The maximum Gasteiger partial charge on any atom is 0.264 e.